The van der Waals surface area contributed by atoms with Crippen molar-refractivity contribution < 1.29 is 19.3 Å². The van der Waals surface area contributed by atoms with E-state index in [4.69, 9.17) is 19.9 Å². The van der Waals surface area contributed by atoms with Gasteiger partial charge in [-0.25, -0.2) is 4.98 Å². The molecule has 0 spiro atoms. The molecule has 1 saturated heterocycles. The van der Waals surface area contributed by atoms with Crippen LogP contribution in [0.2, 0.25) is 0 Å². The third kappa shape index (κ3) is 3.35. The number of aromatic nitrogens is 2. The van der Waals surface area contributed by atoms with E-state index < -0.39 is 12.4 Å². The highest BCUT2D eigenvalue weighted by Gasteiger charge is 2.27. The molecule has 124 valence electrons. The van der Waals surface area contributed by atoms with E-state index in [0.717, 1.165) is 0 Å². The van der Waals surface area contributed by atoms with Gasteiger partial charge in [0.1, 0.15) is 11.9 Å². The predicted molar refractivity (Wildman–Crippen MR) is 82.2 cm³/mol. The molecule has 1 aromatic carbocycles. The van der Waals surface area contributed by atoms with Crippen LogP contribution >= 0.6 is 0 Å². The minimum Gasteiger partial charge on any atom is -0.497 e. The molecule has 2 heterocycles. The van der Waals surface area contributed by atoms with Crippen LogP contribution in [-0.4, -0.2) is 53.4 Å². The fourth-order valence-corrected chi connectivity index (χ4v) is 2.49. The van der Waals surface area contributed by atoms with Crippen molar-refractivity contribution in [2.45, 2.75) is 25.0 Å². The van der Waals surface area contributed by atoms with Gasteiger partial charge in [-0.3, -0.25) is 4.79 Å². The summed E-state index contributed by atoms with van der Waals surface area (Å²) >= 11 is 0. The minimum absolute atomic E-state index is 0.0188. The van der Waals surface area contributed by atoms with E-state index in [0.29, 0.717) is 30.0 Å². The summed E-state index contributed by atoms with van der Waals surface area (Å²) in [5.41, 5.74) is 6.55. The van der Waals surface area contributed by atoms with Gasteiger partial charge in [-0.15, -0.1) is 0 Å². The normalized spacial score (nSPS) is 22.9. The van der Waals surface area contributed by atoms with Gasteiger partial charge in [0.2, 0.25) is 0 Å². The summed E-state index contributed by atoms with van der Waals surface area (Å²) < 4.78 is 17.3. The maximum atomic E-state index is 12.2. The molecule has 0 bridgehead atoms. The van der Waals surface area contributed by atoms with Crippen LogP contribution in [0.3, 0.4) is 0 Å². The fraction of sp³-hybridized carbons (Fsp3) is 0.467. The molecule has 23 heavy (non-hydrogen) atoms. The first-order chi connectivity index (χ1) is 11.1. The third-order valence-electron chi connectivity index (χ3n) is 3.69. The van der Waals surface area contributed by atoms with Crippen molar-refractivity contribution in [1.29, 1.82) is 0 Å². The molecule has 0 radical (unpaired) electrons. The lowest BCUT2D eigenvalue weighted by molar-refractivity contribution is -0.229. The van der Waals surface area contributed by atoms with Gasteiger partial charge >= 0.3 is 0 Å². The Morgan fingerprint density at radius 1 is 1.48 bits per heavy atom. The Morgan fingerprint density at radius 3 is 2.91 bits per heavy atom. The second-order valence-corrected chi connectivity index (χ2v) is 5.42. The Labute approximate surface area is 132 Å². The SMILES string of the molecule is COc1ccc2ncc(=O)n(CC(O)[C@H]3OC[C@H](N)CO3)c2c1. The molecule has 1 aromatic heterocycles. The lowest BCUT2D eigenvalue weighted by atomic mass is 10.2. The first kappa shape index (κ1) is 15.9. The topological polar surface area (TPSA) is 109 Å². The number of aliphatic hydroxyl groups is 1. The van der Waals surface area contributed by atoms with E-state index >= 15 is 0 Å². The molecule has 0 saturated carbocycles. The highest BCUT2D eigenvalue weighted by Crippen LogP contribution is 2.19. The van der Waals surface area contributed by atoms with E-state index in [2.05, 4.69) is 4.98 Å². The highest BCUT2D eigenvalue weighted by atomic mass is 16.7. The number of rotatable bonds is 4. The Hall–Kier alpha value is -2.00. The average molecular weight is 321 g/mol. The van der Waals surface area contributed by atoms with Crippen LogP contribution in [0.4, 0.5) is 0 Å². The fourth-order valence-electron chi connectivity index (χ4n) is 2.49. The van der Waals surface area contributed by atoms with Gasteiger partial charge in [0.15, 0.2) is 6.29 Å². The van der Waals surface area contributed by atoms with Crippen molar-refractivity contribution in [3.63, 3.8) is 0 Å². The molecule has 1 atom stereocenters. The number of nitrogens with zero attached hydrogens (tertiary/aromatic N) is 2. The second-order valence-electron chi connectivity index (χ2n) is 5.42. The molecular weight excluding hydrogens is 302 g/mol. The number of methoxy groups -OCH3 is 1. The van der Waals surface area contributed by atoms with Crippen LogP contribution in [-0.2, 0) is 16.0 Å². The number of hydrogen-bond donors (Lipinski definition) is 2. The van der Waals surface area contributed by atoms with Crippen molar-refractivity contribution in [2.24, 2.45) is 5.73 Å². The second kappa shape index (κ2) is 6.63. The zero-order chi connectivity index (χ0) is 16.4. The Morgan fingerprint density at radius 2 is 2.22 bits per heavy atom. The number of aliphatic hydroxyl groups excluding tert-OH is 1. The standard InChI is InChI=1S/C15H19N3O5/c1-21-10-2-3-11-12(4-10)18(14(20)5-17-11)6-13(19)15-22-7-9(16)8-23-15/h2-5,9,13,15,19H,6-8,16H2,1H3/t9-,13?,15-. The molecule has 8 heteroatoms. The Bertz CT molecular complexity index is 739. The monoisotopic (exact) mass is 321 g/mol. The van der Waals surface area contributed by atoms with Crippen LogP contribution in [0.5, 0.6) is 5.75 Å². The molecule has 3 rings (SSSR count). The average Bonchev–Trinajstić information content (AvgIpc) is 2.57. The number of benzene rings is 1. The molecule has 1 fully saturated rings. The molecule has 8 nitrogen and oxygen atoms in total. The maximum absolute atomic E-state index is 12.2. The molecule has 0 amide bonds. The third-order valence-corrected chi connectivity index (χ3v) is 3.69. The molecule has 2 aromatic rings. The van der Waals surface area contributed by atoms with E-state index in [-0.39, 0.29) is 18.1 Å². The highest BCUT2D eigenvalue weighted by molar-refractivity contribution is 5.76. The number of nitrogens with two attached hydrogens (primary N) is 1. The van der Waals surface area contributed by atoms with Gasteiger partial charge in [0.25, 0.3) is 5.56 Å². The number of ether oxygens (including phenoxy) is 3. The summed E-state index contributed by atoms with van der Waals surface area (Å²) in [6.45, 7) is 0.633. The minimum atomic E-state index is -1.00. The maximum Gasteiger partial charge on any atom is 0.269 e. The van der Waals surface area contributed by atoms with Crippen molar-refractivity contribution >= 4 is 11.0 Å². The summed E-state index contributed by atoms with van der Waals surface area (Å²) in [5.74, 6) is 0.601. The smallest absolute Gasteiger partial charge is 0.269 e. The number of hydrogen-bond acceptors (Lipinski definition) is 7. The van der Waals surface area contributed by atoms with Crippen molar-refractivity contribution in [3.05, 3.63) is 34.7 Å². The van der Waals surface area contributed by atoms with Crippen LogP contribution in [0.1, 0.15) is 0 Å². The molecule has 1 aliphatic heterocycles. The summed E-state index contributed by atoms with van der Waals surface area (Å²) in [7, 11) is 1.54. The first-order valence-electron chi connectivity index (χ1n) is 7.29. The van der Waals surface area contributed by atoms with E-state index in [1.54, 1.807) is 25.3 Å². The van der Waals surface area contributed by atoms with E-state index in [9.17, 15) is 9.90 Å². The van der Waals surface area contributed by atoms with Gasteiger partial charge in [-0.1, -0.05) is 0 Å². The van der Waals surface area contributed by atoms with E-state index in [1.165, 1.54) is 10.8 Å². The predicted octanol–water partition coefficient (Wildman–Crippen LogP) is -0.534. The molecule has 1 aliphatic rings. The molecule has 1 unspecified atom stereocenters. The lowest BCUT2D eigenvalue weighted by Gasteiger charge is -2.30. The van der Waals surface area contributed by atoms with Crippen molar-refractivity contribution in [3.8, 4) is 5.75 Å². The molecule has 0 aliphatic carbocycles. The molecular formula is C15H19N3O5. The lowest BCUT2D eigenvalue weighted by Crippen LogP contribution is -2.47. The first-order valence-corrected chi connectivity index (χ1v) is 7.29. The van der Waals surface area contributed by atoms with Gasteiger partial charge in [-0.2, -0.15) is 0 Å². The Kier molecular flexibility index (Phi) is 4.58. The summed E-state index contributed by atoms with van der Waals surface area (Å²) in [6, 6.07) is 5.01. The van der Waals surface area contributed by atoms with Gasteiger partial charge in [0, 0.05) is 6.07 Å². The van der Waals surface area contributed by atoms with Crippen LogP contribution in [0, 0.1) is 0 Å². The van der Waals surface area contributed by atoms with Crippen LogP contribution < -0.4 is 16.0 Å². The largest absolute Gasteiger partial charge is 0.497 e. The summed E-state index contributed by atoms with van der Waals surface area (Å²) in [6.07, 6.45) is -0.590. The van der Waals surface area contributed by atoms with Crippen molar-refractivity contribution in [1.82, 2.24) is 9.55 Å². The quantitative estimate of drug-likeness (QED) is 0.779. The molecule has 3 N–H and O–H groups in total. The van der Waals surface area contributed by atoms with Gasteiger partial charge in [0.05, 0.1) is 50.1 Å². The zero-order valence-corrected chi connectivity index (χ0v) is 12.7. The summed E-state index contributed by atoms with van der Waals surface area (Å²) in [5, 5.41) is 10.3. The number of fused-ring (bicyclic) bond motifs is 1. The van der Waals surface area contributed by atoms with Crippen LogP contribution in [0.15, 0.2) is 29.2 Å². The summed E-state index contributed by atoms with van der Waals surface area (Å²) in [4.78, 5) is 16.2. The van der Waals surface area contributed by atoms with Gasteiger partial charge in [-0.05, 0) is 12.1 Å². The van der Waals surface area contributed by atoms with Gasteiger partial charge < -0.3 is 29.6 Å². The van der Waals surface area contributed by atoms with Crippen LogP contribution in [0.25, 0.3) is 11.0 Å². The van der Waals surface area contributed by atoms with Crippen molar-refractivity contribution in [2.75, 3.05) is 20.3 Å². The van der Waals surface area contributed by atoms with E-state index in [1.807, 2.05) is 0 Å². The zero-order valence-electron chi connectivity index (χ0n) is 12.7. The Balaban J connectivity index is 1.89.